The third kappa shape index (κ3) is 4.49. The van der Waals surface area contributed by atoms with E-state index >= 15 is 0 Å². The third-order valence-corrected chi connectivity index (χ3v) is 3.42. The molecular formula is C16H16BrNO3. The number of methoxy groups -OCH3 is 1. The molecule has 0 unspecified atom stereocenters. The van der Waals surface area contributed by atoms with Gasteiger partial charge in [-0.3, -0.25) is 4.79 Å². The fraction of sp³-hybridized carbons (Fsp3) is 0.188. The predicted molar refractivity (Wildman–Crippen MR) is 85.8 cm³/mol. The molecule has 2 aromatic carbocycles. The fourth-order valence-electron chi connectivity index (χ4n) is 1.80. The van der Waals surface area contributed by atoms with Gasteiger partial charge in [0.1, 0.15) is 18.1 Å². The van der Waals surface area contributed by atoms with Crippen molar-refractivity contribution in [2.24, 2.45) is 0 Å². The summed E-state index contributed by atoms with van der Waals surface area (Å²) in [5.74, 6) is 1.45. The van der Waals surface area contributed by atoms with Gasteiger partial charge in [-0.15, -0.1) is 0 Å². The first kappa shape index (κ1) is 15.4. The Morgan fingerprint density at radius 3 is 2.48 bits per heavy atom. The van der Waals surface area contributed by atoms with E-state index in [1.807, 2.05) is 30.3 Å². The summed E-state index contributed by atoms with van der Waals surface area (Å²) in [6.45, 7) is 1.94. The van der Waals surface area contributed by atoms with Crippen LogP contribution in [0.5, 0.6) is 11.5 Å². The van der Waals surface area contributed by atoms with Gasteiger partial charge in [0.25, 0.3) is 0 Å². The molecule has 0 atom stereocenters. The number of benzene rings is 2. The first-order valence-corrected chi connectivity index (χ1v) is 7.20. The summed E-state index contributed by atoms with van der Waals surface area (Å²) < 4.78 is 11.8. The highest BCUT2D eigenvalue weighted by Crippen LogP contribution is 2.26. The smallest absolute Gasteiger partial charge is 0.221 e. The lowest BCUT2D eigenvalue weighted by molar-refractivity contribution is -0.114. The van der Waals surface area contributed by atoms with Crippen molar-refractivity contribution in [3.05, 3.63) is 52.5 Å². The molecule has 0 spiro atoms. The summed E-state index contributed by atoms with van der Waals surface area (Å²) in [6, 6.07) is 13.1. The molecule has 0 saturated heterocycles. The zero-order chi connectivity index (χ0) is 15.2. The van der Waals surface area contributed by atoms with Crippen molar-refractivity contribution in [1.82, 2.24) is 0 Å². The summed E-state index contributed by atoms with van der Waals surface area (Å²) in [7, 11) is 1.63. The molecule has 2 rings (SSSR count). The van der Waals surface area contributed by atoms with E-state index in [0.29, 0.717) is 6.61 Å². The van der Waals surface area contributed by atoms with Gasteiger partial charge in [-0.1, -0.05) is 6.07 Å². The summed E-state index contributed by atoms with van der Waals surface area (Å²) in [5, 5.41) is 2.71. The molecule has 0 heterocycles. The third-order valence-electron chi connectivity index (χ3n) is 2.80. The Bertz CT molecular complexity index is 626. The maximum atomic E-state index is 10.9. The zero-order valence-electron chi connectivity index (χ0n) is 11.9. The maximum Gasteiger partial charge on any atom is 0.221 e. The normalized spacial score (nSPS) is 10.0. The summed E-state index contributed by atoms with van der Waals surface area (Å²) >= 11 is 3.45. The van der Waals surface area contributed by atoms with E-state index in [2.05, 4.69) is 21.2 Å². The Morgan fingerprint density at radius 2 is 1.90 bits per heavy atom. The van der Waals surface area contributed by atoms with Gasteiger partial charge in [-0.05, 0) is 57.9 Å². The Morgan fingerprint density at radius 1 is 1.19 bits per heavy atom. The van der Waals surface area contributed by atoms with Gasteiger partial charge in [-0.25, -0.2) is 0 Å². The lowest BCUT2D eigenvalue weighted by atomic mass is 10.2. The van der Waals surface area contributed by atoms with E-state index in [1.54, 1.807) is 19.2 Å². The highest BCUT2D eigenvalue weighted by atomic mass is 79.9. The Balaban J connectivity index is 1.96. The van der Waals surface area contributed by atoms with E-state index in [9.17, 15) is 4.79 Å². The second-order valence-corrected chi connectivity index (χ2v) is 5.32. The van der Waals surface area contributed by atoms with E-state index in [4.69, 9.17) is 9.47 Å². The minimum atomic E-state index is -0.0910. The molecule has 5 heteroatoms. The molecule has 0 aliphatic rings. The Kier molecular flexibility index (Phi) is 5.22. The monoisotopic (exact) mass is 349 g/mol. The van der Waals surface area contributed by atoms with E-state index in [-0.39, 0.29) is 5.91 Å². The van der Waals surface area contributed by atoms with Crippen LogP contribution in [-0.2, 0) is 11.4 Å². The van der Waals surface area contributed by atoms with Crippen molar-refractivity contribution in [3.8, 4) is 11.5 Å². The Labute approximate surface area is 132 Å². The van der Waals surface area contributed by atoms with Gasteiger partial charge in [0.2, 0.25) is 5.91 Å². The number of carbonyl (C=O) groups excluding carboxylic acids is 1. The van der Waals surface area contributed by atoms with Crippen LogP contribution in [0.3, 0.4) is 0 Å². The van der Waals surface area contributed by atoms with Crippen LogP contribution in [0.1, 0.15) is 12.5 Å². The fourth-order valence-corrected chi connectivity index (χ4v) is 2.39. The van der Waals surface area contributed by atoms with E-state index < -0.39 is 0 Å². The van der Waals surface area contributed by atoms with Crippen LogP contribution >= 0.6 is 15.9 Å². The molecule has 110 valence electrons. The minimum absolute atomic E-state index is 0.0910. The van der Waals surface area contributed by atoms with Crippen molar-refractivity contribution in [1.29, 1.82) is 0 Å². The molecular weight excluding hydrogens is 334 g/mol. The number of rotatable bonds is 5. The second kappa shape index (κ2) is 7.13. The number of nitrogens with one attached hydrogen (secondary N) is 1. The minimum Gasteiger partial charge on any atom is -0.496 e. The lowest BCUT2D eigenvalue weighted by Gasteiger charge is -2.09. The number of hydrogen-bond acceptors (Lipinski definition) is 3. The lowest BCUT2D eigenvalue weighted by Crippen LogP contribution is -2.05. The molecule has 1 amide bonds. The van der Waals surface area contributed by atoms with Gasteiger partial charge in [0, 0.05) is 12.6 Å². The standard InChI is InChI=1S/C16H16BrNO3/c1-11(19)18-13-4-6-14(7-5-13)21-10-12-3-8-16(20-2)15(17)9-12/h3-9H,10H2,1-2H3,(H,18,19). The average molecular weight is 350 g/mol. The Hall–Kier alpha value is -2.01. The van der Waals surface area contributed by atoms with Crippen LogP contribution in [0.25, 0.3) is 0 Å². The maximum absolute atomic E-state index is 10.9. The van der Waals surface area contributed by atoms with Crippen molar-refractivity contribution < 1.29 is 14.3 Å². The van der Waals surface area contributed by atoms with Crippen molar-refractivity contribution in [2.75, 3.05) is 12.4 Å². The van der Waals surface area contributed by atoms with Gasteiger partial charge >= 0.3 is 0 Å². The topological polar surface area (TPSA) is 47.6 Å². The van der Waals surface area contributed by atoms with Crippen LogP contribution in [0.15, 0.2) is 46.9 Å². The number of hydrogen-bond donors (Lipinski definition) is 1. The molecule has 2 aromatic rings. The van der Waals surface area contributed by atoms with E-state index in [1.165, 1.54) is 6.92 Å². The van der Waals surface area contributed by atoms with E-state index in [0.717, 1.165) is 27.2 Å². The molecule has 0 fully saturated rings. The van der Waals surface area contributed by atoms with Crippen molar-refractivity contribution in [2.45, 2.75) is 13.5 Å². The summed E-state index contributed by atoms with van der Waals surface area (Å²) in [6.07, 6.45) is 0. The number of anilines is 1. The number of halogens is 1. The quantitative estimate of drug-likeness (QED) is 0.887. The molecule has 0 bridgehead atoms. The molecule has 0 aliphatic heterocycles. The predicted octanol–water partition coefficient (Wildman–Crippen LogP) is 4.00. The van der Waals surface area contributed by atoms with Crippen molar-refractivity contribution >= 4 is 27.5 Å². The zero-order valence-corrected chi connectivity index (χ0v) is 13.4. The van der Waals surface area contributed by atoms with Crippen LogP contribution in [0.2, 0.25) is 0 Å². The first-order valence-electron chi connectivity index (χ1n) is 6.41. The average Bonchev–Trinajstić information content (AvgIpc) is 2.46. The largest absolute Gasteiger partial charge is 0.496 e. The van der Waals surface area contributed by atoms with Gasteiger partial charge < -0.3 is 14.8 Å². The second-order valence-electron chi connectivity index (χ2n) is 4.46. The molecule has 0 radical (unpaired) electrons. The van der Waals surface area contributed by atoms with Gasteiger partial charge in [-0.2, -0.15) is 0 Å². The SMILES string of the molecule is COc1ccc(COc2ccc(NC(C)=O)cc2)cc1Br. The summed E-state index contributed by atoms with van der Waals surface area (Å²) in [5.41, 5.74) is 1.79. The van der Waals surface area contributed by atoms with Crippen molar-refractivity contribution in [3.63, 3.8) is 0 Å². The van der Waals surface area contributed by atoms with Crippen LogP contribution in [0, 0.1) is 0 Å². The van der Waals surface area contributed by atoms with Crippen LogP contribution in [0.4, 0.5) is 5.69 Å². The number of ether oxygens (including phenoxy) is 2. The van der Waals surface area contributed by atoms with Gasteiger partial charge in [0.05, 0.1) is 11.6 Å². The molecule has 1 N–H and O–H groups in total. The highest BCUT2D eigenvalue weighted by Gasteiger charge is 2.03. The van der Waals surface area contributed by atoms with Crippen LogP contribution < -0.4 is 14.8 Å². The van der Waals surface area contributed by atoms with Gasteiger partial charge in [0.15, 0.2) is 0 Å². The molecule has 0 saturated carbocycles. The number of carbonyl (C=O) groups is 1. The first-order chi connectivity index (χ1) is 10.1. The highest BCUT2D eigenvalue weighted by molar-refractivity contribution is 9.10. The molecule has 0 aliphatic carbocycles. The molecule has 0 aromatic heterocycles. The molecule has 4 nitrogen and oxygen atoms in total. The number of amides is 1. The van der Waals surface area contributed by atoms with Crippen LogP contribution in [-0.4, -0.2) is 13.0 Å². The molecule has 21 heavy (non-hydrogen) atoms. The summed E-state index contributed by atoms with van der Waals surface area (Å²) in [4.78, 5) is 10.9.